The SMILES string of the molecule is NC[C@H]1O[C@H](O[C@H]2[C@@H](O)[C@H](OC3[C@@H](O)[C@H](N)C[C@H](N)[C@H]3O)O[C@@H]2CO)[C@H](N)[C@@H](O)[C@@H]1O[C@H]1O[C@H](CO)[C@@H](O)[C@H](O)[C@H]1N. The van der Waals surface area contributed by atoms with Crippen LogP contribution in [0.15, 0.2) is 0 Å². The van der Waals surface area contributed by atoms with E-state index < -0.39 is 129 Å². The van der Waals surface area contributed by atoms with E-state index in [2.05, 4.69) is 0 Å². The Morgan fingerprint density at radius 1 is 0.524 bits per heavy atom. The quantitative estimate of drug-likeness (QED) is 0.114. The van der Waals surface area contributed by atoms with Gasteiger partial charge in [-0.1, -0.05) is 0 Å². The fourth-order valence-electron chi connectivity index (χ4n) is 5.69. The number of aliphatic hydroxyl groups excluding tert-OH is 8. The lowest BCUT2D eigenvalue weighted by atomic mass is 9.84. The summed E-state index contributed by atoms with van der Waals surface area (Å²) in [5.74, 6) is 0. The molecule has 0 spiro atoms. The van der Waals surface area contributed by atoms with Crippen molar-refractivity contribution in [2.45, 2.75) is 123 Å². The van der Waals surface area contributed by atoms with E-state index in [0.29, 0.717) is 0 Å². The third kappa shape index (κ3) is 6.60. The smallest absolute Gasteiger partial charge is 0.187 e. The van der Waals surface area contributed by atoms with Crippen LogP contribution in [0.25, 0.3) is 0 Å². The van der Waals surface area contributed by atoms with Crippen molar-refractivity contribution in [3.8, 4) is 0 Å². The van der Waals surface area contributed by atoms with Gasteiger partial charge in [0.2, 0.25) is 0 Å². The molecular formula is C23H45N5O14. The molecule has 19 nitrogen and oxygen atoms in total. The first kappa shape index (κ1) is 34.1. The molecule has 19 atom stereocenters. The summed E-state index contributed by atoms with van der Waals surface area (Å²) in [5.41, 5.74) is 29.8. The van der Waals surface area contributed by atoms with Crippen molar-refractivity contribution in [2.24, 2.45) is 28.7 Å². The minimum Gasteiger partial charge on any atom is -0.394 e. The summed E-state index contributed by atoms with van der Waals surface area (Å²) in [6.07, 6.45) is -20.3. The van der Waals surface area contributed by atoms with Crippen LogP contribution < -0.4 is 28.7 Å². The van der Waals surface area contributed by atoms with Crippen LogP contribution in [0, 0.1) is 0 Å². The van der Waals surface area contributed by atoms with Gasteiger partial charge < -0.3 is 97.9 Å². The van der Waals surface area contributed by atoms with Crippen LogP contribution in [0.4, 0.5) is 0 Å². The summed E-state index contributed by atoms with van der Waals surface area (Å²) < 4.78 is 34.2. The van der Waals surface area contributed by atoms with Gasteiger partial charge in [-0.15, -0.1) is 0 Å². The van der Waals surface area contributed by atoms with Crippen molar-refractivity contribution in [3.05, 3.63) is 0 Å². The van der Waals surface area contributed by atoms with Crippen LogP contribution in [0.5, 0.6) is 0 Å². The highest BCUT2D eigenvalue weighted by molar-refractivity contribution is 5.00. The number of ether oxygens (including phenoxy) is 6. The molecule has 1 unspecified atom stereocenters. The van der Waals surface area contributed by atoms with Gasteiger partial charge in [-0.05, 0) is 6.42 Å². The number of aliphatic hydroxyl groups is 8. The van der Waals surface area contributed by atoms with Gasteiger partial charge in [-0.3, -0.25) is 0 Å². The molecule has 3 saturated heterocycles. The van der Waals surface area contributed by atoms with Crippen molar-refractivity contribution in [2.75, 3.05) is 19.8 Å². The minimum atomic E-state index is -1.59. The fourth-order valence-corrected chi connectivity index (χ4v) is 5.69. The summed E-state index contributed by atoms with van der Waals surface area (Å²) in [7, 11) is 0. The standard InChI is InChI=1S/C23H45N5O14/c24-2-7-18(40-21-10(27)15(34)14(33)8(3-29)38-21)16(35)11(28)22(37-7)41-19-9(4-30)39-23(17(19)36)42-20-12(31)5(25)1-6(26)13(20)32/h5-23,29-36H,1-4,24-28H2/t5-,6+,7-,8-,9-,10-,11-,12+,13-,14-,15-,16-,17-,18-,19-,20?,21-,22-,23+/m1/s1. The molecule has 3 aliphatic heterocycles. The second-order valence-electron chi connectivity index (χ2n) is 11.2. The number of nitrogens with two attached hydrogens (primary N) is 5. The van der Waals surface area contributed by atoms with Gasteiger partial charge in [0.05, 0.1) is 37.5 Å². The molecule has 4 rings (SSSR count). The maximum atomic E-state index is 11.0. The molecule has 1 saturated carbocycles. The monoisotopic (exact) mass is 615 g/mol. The van der Waals surface area contributed by atoms with E-state index >= 15 is 0 Å². The highest BCUT2D eigenvalue weighted by Gasteiger charge is 2.54. The summed E-state index contributed by atoms with van der Waals surface area (Å²) in [4.78, 5) is 0. The predicted octanol–water partition coefficient (Wildman–Crippen LogP) is -8.86. The third-order valence-corrected chi connectivity index (χ3v) is 8.32. The maximum Gasteiger partial charge on any atom is 0.187 e. The Labute approximate surface area is 240 Å². The summed E-state index contributed by atoms with van der Waals surface area (Å²) in [6.45, 7) is -1.53. The van der Waals surface area contributed by atoms with Crippen molar-refractivity contribution < 1.29 is 69.3 Å². The Morgan fingerprint density at radius 3 is 1.50 bits per heavy atom. The van der Waals surface area contributed by atoms with Gasteiger partial charge in [0.15, 0.2) is 18.9 Å². The average Bonchev–Trinajstić information content (AvgIpc) is 3.27. The molecule has 1 aliphatic carbocycles. The van der Waals surface area contributed by atoms with Crippen LogP contribution >= 0.6 is 0 Å². The van der Waals surface area contributed by atoms with Crippen molar-refractivity contribution >= 4 is 0 Å². The molecular weight excluding hydrogens is 570 g/mol. The van der Waals surface area contributed by atoms with E-state index in [9.17, 15) is 40.9 Å². The van der Waals surface area contributed by atoms with Gasteiger partial charge in [-0.2, -0.15) is 0 Å². The van der Waals surface area contributed by atoms with Crippen LogP contribution in [0.1, 0.15) is 6.42 Å². The Hall–Kier alpha value is -0.760. The lowest BCUT2D eigenvalue weighted by Gasteiger charge is -2.47. The van der Waals surface area contributed by atoms with Gasteiger partial charge in [0.1, 0.15) is 61.0 Å². The Kier molecular flexibility index (Phi) is 11.5. The maximum absolute atomic E-state index is 11.0. The molecule has 0 bridgehead atoms. The molecule has 3 heterocycles. The molecule has 0 aromatic heterocycles. The first-order chi connectivity index (χ1) is 19.8. The summed E-state index contributed by atoms with van der Waals surface area (Å²) in [6, 6.07) is -4.20. The highest BCUT2D eigenvalue weighted by Crippen LogP contribution is 2.33. The van der Waals surface area contributed by atoms with E-state index in [1.807, 2.05) is 0 Å². The number of hydrogen-bond acceptors (Lipinski definition) is 19. The second-order valence-corrected chi connectivity index (χ2v) is 11.2. The fraction of sp³-hybridized carbons (Fsp3) is 1.00. The highest BCUT2D eigenvalue weighted by atomic mass is 16.8. The average molecular weight is 616 g/mol. The van der Waals surface area contributed by atoms with E-state index in [0.717, 1.165) is 0 Å². The largest absolute Gasteiger partial charge is 0.394 e. The van der Waals surface area contributed by atoms with Gasteiger partial charge >= 0.3 is 0 Å². The third-order valence-electron chi connectivity index (χ3n) is 8.32. The molecule has 19 heteroatoms. The van der Waals surface area contributed by atoms with E-state index in [4.69, 9.17) is 57.1 Å². The van der Waals surface area contributed by atoms with Crippen molar-refractivity contribution in [1.82, 2.24) is 0 Å². The summed E-state index contributed by atoms with van der Waals surface area (Å²) in [5, 5.41) is 82.5. The molecule has 246 valence electrons. The first-order valence-corrected chi connectivity index (χ1v) is 13.8. The Morgan fingerprint density at radius 2 is 0.976 bits per heavy atom. The predicted molar refractivity (Wildman–Crippen MR) is 136 cm³/mol. The Balaban J connectivity index is 1.43. The zero-order chi connectivity index (χ0) is 31.0. The summed E-state index contributed by atoms with van der Waals surface area (Å²) >= 11 is 0. The van der Waals surface area contributed by atoms with Crippen molar-refractivity contribution in [1.29, 1.82) is 0 Å². The van der Waals surface area contributed by atoms with Gasteiger partial charge in [0.25, 0.3) is 0 Å². The molecule has 0 radical (unpaired) electrons. The number of hydrogen-bond donors (Lipinski definition) is 13. The lowest BCUT2D eigenvalue weighted by Crippen LogP contribution is -2.68. The Bertz CT molecular complexity index is 852. The van der Waals surface area contributed by atoms with Crippen LogP contribution in [0.3, 0.4) is 0 Å². The molecule has 18 N–H and O–H groups in total. The van der Waals surface area contributed by atoms with E-state index in [1.165, 1.54) is 0 Å². The molecule has 0 amide bonds. The van der Waals surface area contributed by atoms with E-state index in [1.54, 1.807) is 0 Å². The zero-order valence-electron chi connectivity index (χ0n) is 22.7. The van der Waals surface area contributed by atoms with E-state index in [-0.39, 0.29) is 13.0 Å². The zero-order valence-corrected chi connectivity index (χ0v) is 22.7. The lowest BCUT2D eigenvalue weighted by molar-refractivity contribution is -0.331. The molecule has 0 aromatic carbocycles. The van der Waals surface area contributed by atoms with Gasteiger partial charge in [-0.25, -0.2) is 0 Å². The molecule has 4 fully saturated rings. The topological polar surface area (TPSA) is 347 Å². The van der Waals surface area contributed by atoms with Crippen molar-refractivity contribution in [3.63, 3.8) is 0 Å². The number of rotatable bonds is 9. The normalized spacial score (nSPS) is 53.8. The van der Waals surface area contributed by atoms with Crippen LogP contribution in [-0.4, -0.2) is 177 Å². The van der Waals surface area contributed by atoms with Gasteiger partial charge in [0, 0.05) is 18.6 Å². The first-order valence-electron chi connectivity index (χ1n) is 13.8. The van der Waals surface area contributed by atoms with Crippen LogP contribution in [-0.2, 0) is 28.4 Å². The van der Waals surface area contributed by atoms with Crippen LogP contribution in [0.2, 0.25) is 0 Å². The molecule has 4 aliphatic rings. The second kappa shape index (κ2) is 14.1. The molecule has 42 heavy (non-hydrogen) atoms. The minimum absolute atomic E-state index is 0.136. The molecule has 0 aromatic rings.